The van der Waals surface area contributed by atoms with E-state index >= 15 is 0 Å². The summed E-state index contributed by atoms with van der Waals surface area (Å²) in [4.78, 5) is 7.75. The van der Waals surface area contributed by atoms with Crippen molar-refractivity contribution in [3.05, 3.63) is 52.3 Å². The Morgan fingerprint density at radius 1 is 1.16 bits per heavy atom. The van der Waals surface area contributed by atoms with Crippen LogP contribution in [0, 0.1) is 19.7 Å². The Hall–Kier alpha value is -1.87. The standard InChI is InChI=1S/C15H12ClFN2/c1-8-5-9(2)14-13(6-8)18-15(19-14)10-3-4-11(16)12(17)7-10/h3-7H,1-2H3,(H,18,19). The van der Waals surface area contributed by atoms with Crippen LogP contribution in [0.4, 0.5) is 4.39 Å². The second-order valence-corrected chi connectivity index (χ2v) is 5.10. The summed E-state index contributed by atoms with van der Waals surface area (Å²) in [6.45, 7) is 4.05. The normalized spacial score (nSPS) is 11.2. The summed E-state index contributed by atoms with van der Waals surface area (Å²) in [5, 5.41) is 0.117. The topological polar surface area (TPSA) is 28.7 Å². The molecule has 3 rings (SSSR count). The Morgan fingerprint density at radius 3 is 2.68 bits per heavy atom. The van der Waals surface area contributed by atoms with Gasteiger partial charge in [-0.1, -0.05) is 17.7 Å². The van der Waals surface area contributed by atoms with Gasteiger partial charge in [-0.2, -0.15) is 0 Å². The van der Waals surface area contributed by atoms with E-state index in [0.717, 1.165) is 16.6 Å². The number of imidazole rings is 1. The van der Waals surface area contributed by atoms with Gasteiger partial charge in [0.2, 0.25) is 0 Å². The molecule has 0 saturated carbocycles. The predicted octanol–water partition coefficient (Wildman–Crippen LogP) is 4.64. The third kappa shape index (κ3) is 2.10. The molecule has 0 atom stereocenters. The van der Waals surface area contributed by atoms with Crippen LogP contribution in [-0.4, -0.2) is 9.97 Å². The second-order valence-electron chi connectivity index (χ2n) is 4.69. The first-order valence-electron chi connectivity index (χ1n) is 5.97. The van der Waals surface area contributed by atoms with Crippen molar-refractivity contribution in [2.24, 2.45) is 0 Å². The molecule has 0 radical (unpaired) electrons. The van der Waals surface area contributed by atoms with E-state index in [4.69, 9.17) is 11.6 Å². The fraction of sp³-hybridized carbons (Fsp3) is 0.133. The second kappa shape index (κ2) is 4.35. The molecule has 1 N–H and O–H groups in total. The molecule has 0 spiro atoms. The molecule has 19 heavy (non-hydrogen) atoms. The smallest absolute Gasteiger partial charge is 0.142 e. The van der Waals surface area contributed by atoms with E-state index in [2.05, 4.69) is 16.0 Å². The highest BCUT2D eigenvalue weighted by molar-refractivity contribution is 6.30. The third-order valence-electron chi connectivity index (χ3n) is 3.11. The highest BCUT2D eigenvalue weighted by atomic mass is 35.5. The molecule has 1 heterocycles. The minimum Gasteiger partial charge on any atom is -0.338 e. The molecule has 4 heteroatoms. The minimum atomic E-state index is -0.437. The van der Waals surface area contributed by atoms with Gasteiger partial charge in [0, 0.05) is 5.56 Å². The lowest BCUT2D eigenvalue weighted by atomic mass is 10.1. The van der Waals surface area contributed by atoms with Gasteiger partial charge in [0.05, 0.1) is 16.1 Å². The average molecular weight is 275 g/mol. The maximum absolute atomic E-state index is 13.5. The summed E-state index contributed by atoms with van der Waals surface area (Å²) in [5.41, 5.74) is 4.84. The van der Waals surface area contributed by atoms with Crippen LogP contribution in [0.1, 0.15) is 11.1 Å². The Morgan fingerprint density at radius 2 is 1.95 bits per heavy atom. The molecule has 2 nitrogen and oxygen atoms in total. The molecule has 0 fully saturated rings. The van der Waals surface area contributed by atoms with Crippen LogP contribution >= 0.6 is 11.6 Å². The molecule has 0 saturated heterocycles. The fourth-order valence-corrected chi connectivity index (χ4v) is 2.37. The number of rotatable bonds is 1. The van der Waals surface area contributed by atoms with Gasteiger partial charge < -0.3 is 4.98 Å². The molecule has 2 aromatic carbocycles. The Bertz CT molecular complexity index is 777. The van der Waals surface area contributed by atoms with Gasteiger partial charge in [-0.25, -0.2) is 9.37 Å². The van der Waals surface area contributed by atoms with Crippen molar-refractivity contribution < 1.29 is 4.39 Å². The number of halogens is 2. The quantitative estimate of drug-likeness (QED) is 0.688. The minimum absolute atomic E-state index is 0.117. The zero-order valence-electron chi connectivity index (χ0n) is 10.6. The van der Waals surface area contributed by atoms with Crippen LogP contribution in [0.3, 0.4) is 0 Å². The molecule has 0 unspecified atom stereocenters. The van der Waals surface area contributed by atoms with E-state index < -0.39 is 5.82 Å². The van der Waals surface area contributed by atoms with Gasteiger partial charge in [-0.3, -0.25) is 0 Å². The van der Waals surface area contributed by atoms with Crippen LogP contribution < -0.4 is 0 Å². The summed E-state index contributed by atoms with van der Waals surface area (Å²) < 4.78 is 13.5. The van der Waals surface area contributed by atoms with E-state index in [1.807, 2.05) is 19.9 Å². The number of fused-ring (bicyclic) bond motifs is 1. The van der Waals surface area contributed by atoms with Crippen molar-refractivity contribution in [1.29, 1.82) is 0 Å². The molecular formula is C15H12ClFN2. The van der Waals surface area contributed by atoms with E-state index in [1.54, 1.807) is 6.07 Å². The highest BCUT2D eigenvalue weighted by Crippen LogP contribution is 2.26. The van der Waals surface area contributed by atoms with E-state index in [9.17, 15) is 4.39 Å². The number of aromatic amines is 1. The number of hydrogen-bond acceptors (Lipinski definition) is 1. The number of aryl methyl sites for hydroxylation is 2. The van der Waals surface area contributed by atoms with E-state index in [0.29, 0.717) is 11.4 Å². The van der Waals surface area contributed by atoms with Crippen LogP contribution in [0.15, 0.2) is 30.3 Å². The van der Waals surface area contributed by atoms with Crippen molar-refractivity contribution in [2.75, 3.05) is 0 Å². The Kier molecular flexibility index (Phi) is 2.79. The molecule has 0 aliphatic heterocycles. The van der Waals surface area contributed by atoms with Crippen molar-refractivity contribution in [3.63, 3.8) is 0 Å². The van der Waals surface area contributed by atoms with Crippen LogP contribution in [-0.2, 0) is 0 Å². The molecule has 0 aliphatic carbocycles. The third-order valence-corrected chi connectivity index (χ3v) is 3.42. The van der Waals surface area contributed by atoms with Crippen LogP contribution in [0.2, 0.25) is 5.02 Å². The van der Waals surface area contributed by atoms with Gasteiger partial charge in [0.15, 0.2) is 0 Å². The van der Waals surface area contributed by atoms with E-state index in [1.165, 1.54) is 17.7 Å². The van der Waals surface area contributed by atoms with Crippen molar-refractivity contribution in [3.8, 4) is 11.4 Å². The fourth-order valence-electron chi connectivity index (χ4n) is 2.25. The largest absolute Gasteiger partial charge is 0.338 e. The lowest BCUT2D eigenvalue weighted by Gasteiger charge is -1.98. The maximum Gasteiger partial charge on any atom is 0.142 e. The maximum atomic E-state index is 13.5. The lowest BCUT2D eigenvalue weighted by Crippen LogP contribution is -1.83. The predicted molar refractivity (Wildman–Crippen MR) is 76.0 cm³/mol. The summed E-state index contributed by atoms with van der Waals surface area (Å²) in [6.07, 6.45) is 0. The number of hydrogen-bond donors (Lipinski definition) is 1. The lowest BCUT2D eigenvalue weighted by molar-refractivity contribution is 0.628. The molecule has 96 valence electrons. The Labute approximate surface area is 115 Å². The first-order chi connectivity index (χ1) is 9.04. The zero-order valence-corrected chi connectivity index (χ0v) is 11.3. The molecular weight excluding hydrogens is 263 g/mol. The molecule has 0 amide bonds. The van der Waals surface area contributed by atoms with Crippen molar-refractivity contribution in [2.45, 2.75) is 13.8 Å². The van der Waals surface area contributed by atoms with Crippen LogP contribution in [0.25, 0.3) is 22.4 Å². The summed E-state index contributed by atoms with van der Waals surface area (Å²) >= 11 is 5.69. The molecule has 1 aromatic heterocycles. The van der Waals surface area contributed by atoms with Gasteiger partial charge in [-0.05, 0) is 49.2 Å². The van der Waals surface area contributed by atoms with Crippen LogP contribution in [0.5, 0.6) is 0 Å². The van der Waals surface area contributed by atoms with Crippen molar-refractivity contribution >= 4 is 22.6 Å². The number of nitrogens with zero attached hydrogens (tertiary/aromatic N) is 1. The molecule has 0 bridgehead atoms. The summed E-state index contributed by atoms with van der Waals surface area (Å²) in [6, 6.07) is 8.80. The van der Waals surface area contributed by atoms with E-state index in [-0.39, 0.29) is 5.02 Å². The number of H-pyrrole nitrogens is 1. The molecule has 3 aromatic rings. The average Bonchev–Trinajstić information content (AvgIpc) is 2.76. The number of benzene rings is 2. The Balaban J connectivity index is 2.20. The zero-order chi connectivity index (χ0) is 13.6. The SMILES string of the molecule is Cc1cc(C)c2nc(-c3ccc(Cl)c(F)c3)[nH]c2c1. The summed E-state index contributed by atoms with van der Waals surface area (Å²) in [5.74, 6) is 0.215. The van der Waals surface area contributed by atoms with Crippen molar-refractivity contribution in [1.82, 2.24) is 9.97 Å². The first kappa shape index (κ1) is 12.2. The number of aromatic nitrogens is 2. The van der Waals surface area contributed by atoms with Gasteiger partial charge in [0.1, 0.15) is 11.6 Å². The summed E-state index contributed by atoms with van der Waals surface area (Å²) in [7, 11) is 0. The van der Waals surface area contributed by atoms with Gasteiger partial charge >= 0.3 is 0 Å². The van der Waals surface area contributed by atoms with Gasteiger partial charge in [0.25, 0.3) is 0 Å². The first-order valence-corrected chi connectivity index (χ1v) is 6.35. The van der Waals surface area contributed by atoms with Gasteiger partial charge in [-0.15, -0.1) is 0 Å². The highest BCUT2D eigenvalue weighted by Gasteiger charge is 2.09. The number of nitrogens with one attached hydrogen (secondary N) is 1. The monoisotopic (exact) mass is 274 g/mol. The molecule has 0 aliphatic rings.